The molecule has 0 spiro atoms. The molecule has 1 heterocycles. The molecule has 0 saturated carbocycles. The van der Waals surface area contributed by atoms with Crippen LogP contribution >= 0.6 is 0 Å². The quantitative estimate of drug-likeness (QED) is 0.865. The number of nitrogens with two attached hydrogens (primary N) is 1. The van der Waals surface area contributed by atoms with Crippen molar-refractivity contribution in [3.05, 3.63) is 35.9 Å². The number of amides is 1. The summed E-state index contributed by atoms with van der Waals surface area (Å²) in [5, 5.41) is 3.04. The summed E-state index contributed by atoms with van der Waals surface area (Å²) in [4.78, 5) is 14.2. The first-order chi connectivity index (χ1) is 10.0. The van der Waals surface area contributed by atoms with Gasteiger partial charge in [-0.3, -0.25) is 9.69 Å². The number of rotatable bonds is 5. The van der Waals surface area contributed by atoms with Crippen molar-refractivity contribution in [1.29, 1.82) is 0 Å². The third-order valence-corrected chi connectivity index (χ3v) is 4.11. The highest BCUT2D eigenvalue weighted by Gasteiger charge is 2.23. The molecule has 3 atom stereocenters. The second kappa shape index (κ2) is 7.57. The van der Waals surface area contributed by atoms with E-state index >= 15 is 0 Å². The van der Waals surface area contributed by atoms with Crippen molar-refractivity contribution in [2.45, 2.75) is 32.2 Å². The molecule has 1 fully saturated rings. The molecule has 0 aliphatic carbocycles. The Labute approximate surface area is 127 Å². The smallest absolute Gasteiger partial charge is 0.234 e. The van der Waals surface area contributed by atoms with Crippen molar-refractivity contribution in [3.8, 4) is 0 Å². The lowest BCUT2D eigenvalue weighted by Crippen LogP contribution is -2.49. The van der Waals surface area contributed by atoms with Crippen LogP contribution in [0.25, 0.3) is 0 Å². The highest BCUT2D eigenvalue weighted by Crippen LogP contribution is 2.15. The van der Waals surface area contributed by atoms with E-state index in [1.807, 2.05) is 18.2 Å². The molecule has 3 unspecified atom stereocenters. The normalized spacial score (nSPS) is 24.5. The van der Waals surface area contributed by atoms with Crippen LogP contribution in [0.1, 0.15) is 31.7 Å². The van der Waals surface area contributed by atoms with Gasteiger partial charge in [-0.05, 0) is 23.8 Å². The number of nitrogens with one attached hydrogen (secondary N) is 1. The number of nitrogens with zero attached hydrogens (tertiary/aromatic N) is 1. The Morgan fingerprint density at radius 1 is 1.38 bits per heavy atom. The van der Waals surface area contributed by atoms with Gasteiger partial charge in [-0.2, -0.15) is 0 Å². The van der Waals surface area contributed by atoms with Crippen LogP contribution in [-0.2, 0) is 4.79 Å². The van der Waals surface area contributed by atoms with Gasteiger partial charge in [0.1, 0.15) is 0 Å². The first-order valence-corrected chi connectivity index (χ1v) is 7.84. The molecule has 1 aromatic rings. The third kappa shape index (κ3) is 5.14. The van der Waals surface area contributed by atoms with E-state index in [1.165, 1.54) is 5.56 Å². The summed E-state index contributed by atoms with van der Waals surface area (Å²) in [6.07, 6.45) is 1.06. The number of carbonyl (C=O) groups is 1. The van der Waals surface area contributed by atoms with Crippen molar-refractivity contribution >= 4 is 5.91 Å². The van der Waals surface area contributed by atoms with Crippen LogP contribution in [0.15, 0.2) is 30.3 Å². The summed E-state index contributed by atoms with van der Waals surface area (Å²) >= 11 is 0. The van der Waals surface area contributed by atoms with E-state index in [-0.39, 0.29) is 11.9 Å². The van der Waals surface area contributed by atoms with Crippen LogP contribution in [0.2, 0.25) is 0 Å². The molecule has 1 saturated heterocycles. The highest BCUT2D eigenvalue weighted by molar-refractivity contribution is 5.78. The van der Waals surface area contributed by atoms with Crippen molar-refractivity contribution in [2.75, 3.05) is 26.2 Å². The zero-order valence-electron chi connectivity index (χ0n) is 13.1. The molecule has 0 radical (unpaired) electrons. The van der Waals surface area contributed by atoms with Gasteiger partial charge in [0.05, 0.1) is 6.54 Å². The maximum atomic E-state index is 12.1. The van der Waals surface area contributed by atoms with E-state index in [1.54, 1.807) is 0 Å². The SMILES string of the molecule is CC1CC(N)CN(CC(=O)NCC(C)c2ccccc2)C1. The lowest BCUT2D eigenvalue weighted by molar-refractivity contribution is -0.122. The van der Waals surface area contributed by atoms with E-state index in [2.05, 4.69) is 36.2 Å². The minimum absolute atomic E-state index is 0.0964. The lowest BCUT2D eigenvalue weighted by Gasteiger charge is -2.34. The summed E-state index contributed by atoms with van der Waals surface area (Å²) in [6.45, 7) is 7.26. The molecule has 4 nitrogen and oxygen atoms in total. The summed E-state index contributed by atoms with van der Waals surface area (Å²) in [7, 11) is 0. The van der Waals surface area contributed by atoms with Crippen LogP contribution in [0.5, 0.6) is 0 Å². The standard InChI is InChI=1S/C17H27N3O/c1-13-8-16(18)11-20(10-13)12-17(21)19-9-14(2)15-6-4-3-5-7-15/h3-7,13-14,16H,8-12,18H2,1-2H3,(H,19,21). The number of piperidine rings is 1. The van der Waals surface area contributed by atoms with Crippen LogP contribution in [0.3, 0.4) is 0 Å². The third-order valence-electron chi connectivity index (χ3n) is 4.11. The van der Waals surface area contributed by atoms with Gasteiger partial charge in [0.15, 0.2) is 0 Å². The monoisotopic (exact) mass is 289 g/mol. The summed E-state index contributed by atoms with van der Waals surface area (Å²) in [5.41, 5.74) is 7.27. The van der Waals surface area contributed by atoms with Crippen molar-refractivity contribution < 1.29 is 4.79 Å². The predicted octanol–water partition coefficient (Wildman–Crippen LogP) is 1.58. The zero-order chi connectivity index (χ0) is 15.2. The fourth-order valence-corrected chi connectivity index (χ4v) is 3.07. The molecule has 0 aromatic heterocycles. The molecule has 3 N–H and O–H groups in total. The molecule has 0 bridgehead atoms. The Balaban J connectivity index is 1.74. The van der Waals surface area contributed by atoms with E-state index in [0.29, 0.717) is 24.9 Å². The van der Waals surface area contributed by atoms with Crippen molar-refractivity contribution in [1.82, 2.24) is 10.2 Å². The van der Waals surface area contributed by atoms with Crippen LogP contribution in [-0.4, -0.2) is 43.0 Å². The number of benzene rings is 1. The Hall–Kier alpha value is -1.39. The van der Waals surface area contributed by atoms with Gasteiger partial charge in [-0.15, -0.1) is 0 Å². The first kappa shape index (κ1) is 16.0. The molecule has 2 rings (SSSR count). The van der Waals surface area contributed by atoms with E-state index in [4.69, 9.17) is 5.73 Å². The summed E-state index contributed by atoms with van der Waals surface area (Å²) < 4.78 is 0. The maximum absolute atomic E-state index is 12.1. The molecule has 1 aliphatic heterocycles. The average molecular weight is 289 g/mol. The Kier molecular flexibility index (Phi) is 5.76. The maximum Gasteiger partial charge on any atom is 0.234 e. The molecule has 1 aromatic carbocycles. The van der Waals surface area contributed by atoms with Gasteiger partial charge in [0.25, 0.3) is 0 Å². The van der Waals surface area contributed by atoms with E-state index in [9.17, 15) is 4.79 Å². The number of hydrogen-bond acceptors (Lipinski definition) is 3. The van der Waals surface area contributed by atoms with Gasteiger partial charge < -0.3 is 11.1 Å². The van der Waals surface area contributed by atoms with Gasteiger partial charge in [-0.1, -0.05) is 44.2 Å². The fourth-order valence-electron chi connectivity index (χ4n) is 3.07. The predicted molar refractivity (Wildman–Crippen MR) is 86.1 cm³/mol. The average Bonchev–Trinajstić information content (AvgIpc) is 2.44. The largest absolute Gasteiger partial charge is 0.354 e. The number of carbonyl (C=O) groups excluding carboxylic acids is 1. The highest BCUT2D eigenvalue weighted by atomic mass is 16.2. The Morgan fingerprint density at radius 3 is 2.76 bits per heavy atom. The number of hydrogen-bond donors (Lipinski definition) is 2. The van der Waals surface area contributed by atoms with E-state index < -0.39 is 0 Å². The van der Waals surface area contributed by atoms with Gasteiger partial charge in [0, 0.05) is 25.7 Å². The second-order valence-electron chi connectivity index (χ2n) is 6.41. The van der Waals surface area contributed by atoms with Crippen LogP contribution < -0.4 is 11.1 Å². The minimum Gasteiger partial charge on any atom is -0.354 e. The topological polar surface area (TPSA) is 58.4 Å². The number of likely N-dealkylation sites (tertiary alicyclic amines) is 1. The fraction of sp³-hybridized carbons (Fsp3) is 0.588. The molecular weight excluding hydrogens is 262 g/mol. The zero-order valence-corrected chi connectivity index (χ0v) is 13.1. The van der Waals surface area contributed by atoms with Gasteiger partial charge >= 0.3 is 0 Å². The minimum atomic E-state index is 0.0964. The summed E-state index contributed by atoms with van der Waals surface area (Å²) in [6, 6.07) is 10.5. The lowest BCUT2D eigenvalue weighted by atomic mass is 9.96. The van der Waals surface area contributed by atoms with Crippen LogP contribution in [0, 0.1) is 5.92 Å². The van der Waals surface area contributed by atoms with Gasteiger partial charge in [-0.25, -0.2) is 0 Å². The summed E-state index contributed by atoms with van der Waals surface area (Å²) in [5.74, 6) is 1.00. The van der Waals surface area contributed by atoms with E-state index in [0.717, 1.165) is 19.5 Å². The molecule has 4 heteroatoms. The Morgan fingerprint density at radius 2 is 2.10 bits per heavy atom. The van der Waals surface area contributed by atoms with Crippen molar-refractivity contribution in [3.63, 3.8) is 0 Å². The van der Waals surface area contributed by atoms with Gasteiger partial charge in [0.2, 0.25) is 5.91 Å². The molecule has 21 heavy (non-hydrogen) atoms. The molecular formula is C17H27N3O. The van der Waals surface area contributed by atoms with Crippen LogP contribution in [0.4, 0.5) is 0 Å². The molecule has 1 aliphatic rings. The molecule has 1 amide bonds. The molecule has 116 valence electrons. The Bertz CT molecular complexity index is 439. The second-order valence-corrected chi connectivity index (χ2v) is 6.41. The first-order valence-electron chi connectivity index (χ1n) is 7.84. The van der Waals surface area contributed by atoms with Crippen molar-refractivity contribution in [2.24, 2.45) is 11.7 Å².